The van der Waals surface area contributed by atoms with Crippen LogP contribution < -0.4 is 5.73 Å². The molecule has 1 aromatic rings. The number of hydrogen-bond acceptors (Lipinski definition) is 6. The molecule has 0 bridgehead atoms. The van der Waals surface area contributed by atoms with E-state index in [1.807, 2.05) is 0 Å². The van der Waals surface area contributed by atoms with E-state index in [4.69, 9.17) is 10.5 Å². The van der Waals surface area contributed by atoms with Crippen molar-refractivity contribution in [2.45, 2.75) is 13.2 Å². The van der Waals surface area contributed by atoms with Gasteiger partial charge in [0, 0.05) is 7.11 Å². The predicted molar refractivity (Wildman–Crippen MR) is 56.8 cm³/mol. The molecule has 0 aliphatic heterocycles. The molecule has 1 rings (SSSR count). The van der Waals surface area contributed by atoms with E-state index < -0.39 is 12.3 Å². The lowest BCUT2D eigenvalue weighted by atomic mass is 10.1. The minimum Gasteiger partial charge on any atom is -0.465 e. The molecular formula is C9H13NO4S. The number of carbonyl (C=O) groups excluding carboxylic acids is 1. The van der Waals surface area contributed by atoms with Crippen molar-refractivity contribution < 1.29 is 19.4 Å². The van der Waals surface area contributed by atoms with Gasteiger partial charge in [0.2, 0.25) is 0 Å². The number of nitrogens with two attached hydrogens (primary N) is 1. The lowest BCUT2D eigenvalue weighted by molar-refractivity contribution is -0.0746. The van der Waals surface area contributed by atoms with Crippen LogP contribution >= 0.6 is 11.3 Å². The molecule has 0 amide bonds. The molecule has 0 fully saturated rings. The van der Waals surface area contributed by atoms with Gasteiger partial charge in [0.25, 0.3) is 0 Å². The molecule has 0 aliphatic carbocycles. The molecule has 1 atom stereocenters. The number of esters is 1. The first-order valence-corrected chi connectivity index (χ1v) is 5.02. The van der Waals surface area contributed by atoms with E-state index in [0.717, 1.165) is 11.3 Å². The lowest BCUT2D eigenvalue weighted by Gasteiger charge is -2.06. The summed E-state index contributed by atoms with van der Waals surface area (Å²) >= 11 is 1.12. The molecule has 0 spiro atoms. The Morgan fingerprint density at radius 3 is 2.60 bits per heavy atom. The van der Waals surface area contributed by atoms with E-state index in [1.54, 1.807) is 6.92 Å². The van der Waals surface area contributed by atoms with Crippen molar-refractivity contribution in [1.29, 1.82) is 0 Å². The molecule has 0 unspecified atom stereocenters. The Labute approximate surface area is 91.4 Å². The van der Waals surface area contributed by atoms with Gasteiger partial charge in [-0.25, -0.2) is 4.79 Å². The largest absolute Gasteiger partial charge is 0.465 e. The van der Waals surface area contributed by atoms with Crippen LogP contribution in [0.1, 0.15) is 27.1 Å². The topological polar surface area (TPSA) is 81.8 Å². The van der Waals surface area contributed by atoms with Crippen LogP contribution in [0, 0.1) is 6.92 Å². The SMILES string of the molecule is COC(=O)c1c(N)sc([C@H](O)OC)c1C. The van der Waals surface area contributed by atoms with E-state index in [0.29, 0.717) is 21.0 Å². The fraction of sp³-hybridized carbons (Fsp3) is 0.444. The first-order valence-electron chi connectivity index (χ1n) is 4.20. The zero-order chi connectivity index (χ0) is 11.6. The quantitative estimate of drug-likeness (QED) is 0.600. The summed E-state index contributed by atoms with van der Waals surface area (Å²) in [7, 11) is 2.66. The highest BCUT2D eigenvalue weighted by Crippen LogP contribution is 2.35. The second-order valence-electron chi connectivity index (χ2n) is 2.91. The Kier molecular flexibility index (Phi) is 3.67. The Hall–Kier alpha value is -1.11. The molecule has 84 valence electrons. The van der Waals surface area contributed by atoms with Gasteiger partial charge >= 0.3 is 5.97 Å². The first-order chi connectivity index (χ1) is 7.02. The average molecular weight is 231 g/mol. The lowest BCUT2D eigenvalue weighted by Crippen LogP contribution is -2.06. The van der Waals surface area contributed by atoms with Gasteiger partial charge in [0.1, 0.15) is 5.00 Å². The van der Waals surface area contributed by atoms with Crippen molar-refractivity contribution in [1.82, 2.24) is 0 Å². The van der Waals surface area contributed by atoms with Gasteiger partial charge in [-0.1, -0.05) is 0 Å². The van der Waals surface area contributed by atoms with Crippen LogP contribution in [0.15, 0.2) is 0 Å². The van der Waals surface area contributed by atoms with Gasteiger partial charge in [-0.05, 0) is 12.5 Å². The molecule has 0 aliphatic rings. The maximum atomic E-state index is 11.4. The molecule has 0 saturated heterocycles. The van der Waals surface area contributed by atoms with Crippen molar-refractivity contribution in [3.8, 4) is 0 Å². The number of carbonyl (C=O) groups is 1. The van der Waals surface area contributed by atoms with Crippen LogP contribution in [0.3, 0.4) is 0 Å². The Balaban J connectivity index is 3.20. The fourth-order valence-electron chi connectivity index (χ4n) is 1.25. The molecular weight excluding hydrogens is 218 g/mol. The molecule has 3 N–H and O–H groups in total. The summed E-state index contributed by atoms with van der Waals surface area (Å²) in [5.41, 5.74) is 6.56. The molecule has 15 heavy (non-hydrogen) atoms. The van der Waals surface area contributed by atoms with Gasteiger partial charge in [-0.3, -0.25) is 0 Å². The first kappa shape index (κ1) is 12.0. The van der Waals surface area contributed by atoms with E-state index in [9.17, 15) is 9.90 Å². The number of rotatable bonds is 3. The molecule has 5 nitrogen and oxygen atoms in total. The highest BCUT2D eigenvalue weighted by molar-refractivity contribution is 7.16. The maximum absolute atomic E-state index is 11.4. The summed E-state index contributed by atoms with van der Waals surface area (Å²) in [6.07, 6.45) is -1.06. The molecule has 0 radical (unpaired) electrons. The third kappa shape index (κ3) is 2.11. The Morgan fingerprint density at radius 1 is 1.53 bits per heavy atom. The van der Waals surface area contributed by atoms with Crippen molar-refractivity contribution in [3.05, 3.63) is 16.0 Å². The van der Waals surface area contributed by atoms with Gasteiger partial charge in [0.15, 0.2) is 6.29 Å². The monoisotopic (exact) mass is 231 g/mol. The molecule has 0 saturated carbocycles. The van der Waals surface area contributed by atoms with Crippen molar-refractivity contribution in [2.75, 3.05) is 20.0 Å². The van der Waals surface area contributed by atoms with Crippen LogP contribution in [0.25, 0.3) is 0 Å². The highest BCUT2D eigenvalue weighted by atomic mass is 32.1. The van der Waals surface area contributed by atoms with E-state index in [1.165, 1.54) is 14.2 Å². The zero-order valence-electron chi connectivity index (χ0n) is 8.73. The number of anilines is 1. The van der Waals surface area contributed by atoms with Gasteiger partial charge in [-0.2, -0.15) is 0 Å². The summed E-state index contributed by atoms with van der Waals surface area (Å²) in [6.45, 7) is 1.69. The van der Waals surface area contributed by atoms with Crippen molar-refractivity contribution in [3.63, 3.8) is 0 Å². The molecule has 1 heterocycles. The smallest absolute Gasteiger partial charge is 0.341 e. The van der Waals surface area contributed by atoms with Crippen molar-refractivity contribution >= 4 is 22.3 Å². The highest BCUT2D eigenvalue weighted by Gasteiger charge is 2.23. The number of aliphatic hydroxyl groups excluding tert-OH is 1. The number of thiophene rings is 1. The Bertz CT molecular complexity index is 374. The van der Waals surface area contributed by atoms with Gasteiger partial charge < -0.3 is 20.3 Å². The third-order valence-corrected chi connectivity index (χ3v) is 3.20. The maximum Gasteiger partial charge on any atom is 0.341 e. The predicted octanol–water partition coefficient (Wildman–Crippen LogP) is 1.06. The summed E-state index contributed by atoms with van der Waals surface area (Å²) in [5.74, 6) is -0.504. The molecule has 6 heteroatoms. The standard InChI is InChI=1S/C9H13NO4S/c1-4-5(8(11)13-2)7(10)15-6(4)9(12)14-3/h9,12H,10H2,1-3H3/t9-/m1/s1. The van der Waals surface area contributed by atoms with Crippen LogP contribution in [0.4, 0.5) is 5.00 Å². The normalized spacial score (nSPS) is 12.5. The minimum absolute atomic E-state index is 0.300. The summed E-state index contributed by atoms with van der Waals surface area (Å²) in [5, 5.41) is 9.81. The average Bonchev–Trinajstić information content (AvgIpc) is 2.52. The number of hydrogen-bond donors (Lipinski definition) is 2. The van der Waals surface area contributed by atoms with Crippen LogP contribution in [0.5, 0.6) is 0 Å². The number of aliphatic hydroxyl groups is 1. The van der Waals surface area contributed by atoms with E-state index in [-0.39, 0.29) is 0 Å². The third-order valence-electron chi connectivity index (χ3n) is 2.05. The second kappa shape index (κ2) is 4.61. The number of ether oxygens (including phenoxy) is 2. The zero-order valence-corrected chi connectivity index (χ0v) is 9.55. The number of methoxy groups -OCH3 is 2. The summed E-state index contributed by atoms with van der Waals surface area (Å²) in [4.78, 5) is 11.9. The molecule has 0 aromatic carbocycles. The second-order valence-corrected chi connectivity index (χ2v) is 3.99. The van der Waals surface area contributed by atoms with E-state index in [2.05, 4.69) is 4.74 Å². The van der Waals surface area contributed by atoms with Crippen LogP contribution in [-0.2, 0) is 9.47 Å². The van der Waals surface area contributed by atoms with Crippen molar-refractivity contribution in [2.24, 2.45) is 0 Å². The number of nitrogen functional groups attached to an aromatic ring is 1. The van der Waals surface area contributed by atoms with E-state index >= 15 is 0 Å². The summed E-state index contributed by atoms with van der Waals surface area (Å²) < 4.78 is 9.35. The molecule has 1 aromatic heterocycles. The van der Waals surface area contributed by atoms with Crippen LogP contribution in [-0.4, -0.2) is 25.3 Å². The Morgan fingerprint density at radius 2 is 2.13 bits per heavy atom. The fourth-order valence-corrected chi connectivity index (χ4v) is 2.28. The van der Waals surface area contributed by atoms with Crippen LogP contribution in [0.2, 0.25) is 0 Å². The minimum atomic E-state index is -1.06. The van der Waals surface area contributed by atoms with Gasteiger partial charge in [0.05, 0.1) is 17.6 Å². The summed E-state index contributed by atoms with van der Waals surface area (Å²) in [6, 6.07) is 0. The van der Waals surface area contributed by atoms with Gasteiger partial charge in [-0.15, -0.1) is 11.3 Å².